The monoisotopic (exact) mass is 197 g/mol. The van der Waals surface area contributed by atoms with Gasteiger partial charge < -0.3 is 10.4 Å². The van der Waals surface area contributed by atoms with E-state index in [2.05, 4.69) is 5.32 Å². The van der Waals surface area contributed by atoms with E-state index in [1.807, 2.05) is 0 Å². The third-order valence-electron chi connectivity index (χ3n) is 2.19. The van der Waals surface area contributed by atoms with Crippen LogP contribution in [-0.4, -0.2) is 16.9 Å². The zero-order valence-corrected chi connectivity index (χ0v) is 7.51. The van der Waals surface area contributed by atoms with Crippen LogP contribution in [0.4, 0.5) is 5.69 Å². The Hall–Kier alpha value is -1.06. The van der Waals surface area contributed by atoms with Crippen molar-refractivity contribution in [1.29, 1.82) is 0 Å². The Labute approximate surface area is 80.3 Å². The van der Waals surface area contributed by atoms with Gasteiger partial charge in [-0.15, -0.1) is 11.6 Å². The second-order valence-corrected chi connectivity index (χ2v) is 3.26. The summed E-state index contributed by atoms with van der Waals surface area (Å²) >= 11 is 5.56. The Morgan fingerprint density at radius 1 is 1.46 bits per heavy atom. The molecule has 13 heavy (non-hydrogen) atoms. The fourth-order valence-corrected chi connectivity index (χ4v) is 1.70. The first kappa shape index (κ1) is 8.53. The number of carbonyl (C=O) groups is 1. The first-order valence-corrected chi connectivity index (χ1v) is 4.41. The standard InChI is InChI=1S/C9H8ClNO2/c10-5-9(13)6-3-1-2-4-7(6)11-8(9)12/h1-4,13H,5H2,(H,11,12). The summed E-state index contributed by atoms with van der Waals surface area (Å²) in [6.45, 7) is 0. The Kier molecular flexibility index (Phi) is 1.78. The van der Waals surface area contributed by atoms with Crippen LogP contribution in [0.1, 0.15) is 5.56 Å². The highest BCUT2D eigenvalue weighted by atomic mass is 35.5. The fraction of sp³-hybridized carbons (Fsp3) is 0.222. The maximum Gasteiger partial charge on any atom is 0.262 e. The van der Waals surface area contributed by atoms with Gasteiger partial charge in [-0.05, 0) is 6.07 Å². The summed E-state index contributed by atoms with van der Waals surface area (Å²) < 4.78 is 0. The Morgan fingerprint density at radius 3 is 2.85 bits per heavy atom. The van der Waals surface area contributed by atoms with Gasteiger partial charge in [0.2, 0.25) is 0 Å². The summed E-state index contributed by atoms with van der Waals surface area (Å²) in [7, 11) is 0. The molecule has 1 atom stereocenters. The Morgan fingerprint density at radius 2 is 2.15 bits per heavy atom. The number of hydrogen-bond donors (Lipinski definition) is 2. The van der Waals surface area contributed by atoms with E-state index in [4.69, 9.17) is 11.6 Å². The van der Waals surface area contributed by atoms with Gasteiger partial charge in [0.05, 0.1) is 5.88 Å². The molecule has 1 amide bonds. The van der Waals surface area contributed by atoms with Crippen LogP contribution in [-0.2, 0) is 10.4 Å². The van der Waals surface area contributed by atoms with Gasteiger partial charge in [0.25, 0.3) is 5.91 Å². The minimum Gasteiger partial charge on any atom is -0.374 e. The van der Waals surface area contributed by atoms with Crippen LogP contribution in [0.2, 0.25) is 0 Å². The third-order valence-corrected chi connectivity index (χ3v) is 2.58. The number of hydrogen-bond acceptors (Lipinski definition) is 2. The average molecular weight is 198 g/mol. The van der Waals surface area contributed by atoms with Gasteiger partial charge in [-0.3, -0.25) is 4.79 Å². The van der Waals surface area contributed by atoms with Crippen molar-refractivity contribution in [2.75, 3.05) is 11.2 Å². The quantitative estimate of drug-likeness (QED) is 0.662. The highest BCUT2D eigenvalue weighted by molar-refractivity contribution is 6.22. The van der Waals surface area contributed by atoms with Crippen molar-refractivity contribution >= 4 is 23.2 Å². The number of halogens is 1. The van der Waals surface area contributed by atoms with E-state index in [1.165, 1.54) is 0 Å². The number of alkyl halides is 1. The largest absolute Gasteiger partial charge is 0.374 e. The van der Waals surface area contributed by atoms with Crippen LogP contribution >= 0.6 is 11.6 Å². The average Bonchev–Trinajstić information content (AvgIpc) is 2.41. The van der Waals surface area contributed by atoms with Crippen molar-refractivity contribution in [2.45, 2.75) is 5.60 Å². The summed E-state index contributed by atoms with van der Waals surface area (Å²) in [6.07, 6.45) is 0. The van der Waals surface area contributed by atoms with E-state index < -0.39 is 11.5 Å². The second kappa shape index (κ2) is 2.72. The molecule has 0 aliphatic carbocycles. The third kappa shape index (κ3) is 1.04. The molecule has 1 aliphatic rings. The molecule has 0 radical (unpaired) electrons. The molecule has 3 nitrogen and oxygen atoms in total. The van der Waals surface area contributed by atoms with Crippen LogP contribution < -0.4 is 5.32 Å². The lowest BCUT2D eigenvalue weighted by Gasteiger charge is -2.16. The Balaban J connectivity index is 2.59. The molecule has 1 aliphatic heterocycles. The predicted octanol–water partition coefficient (Wildman–Crippen LogP) is 1.07. The SMILES string of the molecule is O=C1Nc2ccccc2C1(O)CCl. The number of benzene rings is 1. The molecule has 1 aromatic carbocycles. The van der Waals surface area contributed by atoms with Gasteiger partial charge in [0.1, 0.15) is 0 Å². The molecule has 0 fully saturated rings. The summed E-state index contributed by atoms with van der Waals surface area (Å²) in [6, 6.07) is 6.98. The van der Waals surface area contributed by atoms with Gasteiger partial charge in [0.15, 0.2) is 5.60 Å². The molecule has 4 heteroatoms. The highest BCUT2D eigenvalue weighted by Gasteiger charge is 2.44. The van der Waals surface area contributed by atoms with Gasteiger partial charge in [-0.2, -0.15) is 0 Å². The minimum absolute atomic E-state index is 0.129. The lowest BCUT2D eigenvalue weighted by atomic mass is 9.98. The molecule has 0 spiro atoms. The minimum atomic E-state index is -1.56. The summed E-state index contributed by atoms with van der Waals surface area (Å²) in [5.74, 6) is -0.584. The lowest BCUT2D eigenvalue weighted by Crippen LogP contribution is -2.35. The van der Waals surface area contributed by atoms with E-state index >= 15 is 0 Å². The fourth-order valence-electron chi connectivity index (χ4n) is 1.43. The van der Waals surface area contributed by atoms with Gasteiger partial charge in [-0.1, -0.05) is 18.2 Å². The topological polar surface area (TPSA) is 49.3 Å². The number of rotatable bonds is 1. The summed E-state index contributed by atoms with van der Waals surface area (Å²) in [4.78, 5) is 11.3. The molecule has 0 bridgehead atoms. The van der Waals surface area contributed by atoms with Crippen molar-refractivity contribution in [3.05, 3.63) is 29.8 Å². The summed E-state index contributed by atoms with van der Waals surface area (Å²) in [5.41, 5.74) is -0.372. The lowest BCUT2D eigenvalue weighted by molar-refractivity contribution is -0.131. The number of para-hydroxylation sites is 1. The van der Waals surface area contributed by atoms with Gasteiger partial charge in [0, 0.05) is 11.3 Å². The number of nitrogens with one attached hydrogen (secondary N) is 1. The molecule has 2 rings (SSSR count). The first-order valence-electron chi connectivity index (χ1n) is 3.88. The molecule has 1 aromatic rings. The second-order valence-electron chi connectivity index (χ2n) is 2.99. The molecule has 1 unspecified atom stereocenters. The zero-order valence-electron chi connectivity index (χ0n) is 6.75. The van der Waals surface area contributed by atoms with Crippen LogP contribution in [0, 0.1) is 0 Å². The van der Waals surface area contributed by atoms with Crippen molar-refractivity contribution in [3.63, 3.8) is 0 Å². The van der Waals surface area contributed by atoms with Crippen molar-refractivity contribution in [2.24, 2.45) is 0 Å². The number of amides is 1. The van der Waals surface area contributed by atoms with Crippen molar-refractivity contribution in [3.8, 4) is 0 Å². The molecule has 1 heterocycles. The van der Waals surface area contributed by atoms with E-state index in [1.54, 1.807) is 24.3 Å². The molecule has 68 valence electrons. The molecule has 0 saturated carbocycles. The molecule has 0 aromatic heterocycles. The van der Waals surface area contributed by atoms with Crippen LogP contribution in [0.3, 0.4) is 0 Å². The van der Waals surface area contributed by atoms with Crippen molar-refractivity contribution < 1.29 is 9.90 Å². The van der Waals surface area contributed by atoms with E-state index in [0.29, 0.717) is 11.3 Å². The maximum atomic E-state index is 11.3. The summed E-state index contributed by atoms with van der Waals surface area (Å²) in [5, 5.41) is 12.4. The van der Waals surface area contributed by atoms with Gasteiger partial charge in [-0.25, -0.2) is 0 Å². The molecule has 0 saturated heterocycles. The molecular formula is C9H8ClNO2. The van der Waals surface area contributed by atoms with Crippen LogP contribution in [0.15, 0.2) is 24.3 Å². The van der Waals surface area contributed by atoms with Gasteiger partial charge >= 0.3 is 0 Å². The van der Waals surface area contributed by atoms with E-state index in [0.717, 1.165) is 0 Å². The highest BCUT2D eigenvalue weighted by Crippen LogP contribution is 2.36. The Bertz CT molecular complexity index is 366. The zero-order chi connectivity index (χ0) is 9.47. The maximum absolute atomic E-state index is 11.3. The van der Waals surface area contributed by atoms with Crippen LogP contribution in [0.5, 0.6) is 0 Å². The number of anilines is 1. The molecular weight excluding hydrogens is 190 g/mol. The normalized spacial score (nSPS) is 25.5. The number of aliphatic hydroxyl groups is 1. The number of carbonyl (C=O) groups excluding carboxylic acids is 1. The van der Waals surface area contributed by atoms with Crippen molar-refractivity contribution in [1.82, 2.24) is 0 Å². The molecule has 2 N–H and O–H groups in total. The smallest absolute Gasteiger partial charge is 0.262 e. The number of fused-ring (bicyclic) bond motifs is 1. The van der Waals surface area contributed by atoms with Crippen LogP contribution in [0.25, 0.3) is 0 Å². The predicted molar refractivity (Wildman–Crippen MR) is 49.7 cm³/mol. The van der Waals surface area contributed by atoms with E-state index in [-0.39, 0.29) is 5.88 Å². The van der Waals surface area contributed by atoms with E-state index in [9.17, 15) is 9.90 Å². The first-order chi connectivity index (χ1) is 6.18.